The highest BCUT2D eigenvalue weighted by atomic mass is 35.5. The summed E-state index contributed by atoms with van der Waals surface area (Å²) in [5, 5.41) is 3.42. The van der Waals surface area contributed by atoms with E-state index in [1.165, 1.54) is 49.0 Å². The van der Waals surface area contributed by atoms with E-state index in [4.69, 9.17) is 11.6 Å². The van der Waals surface area contributed by atoms with Gasteiger partial charge in [0.25, 0.3) is 0 Å². The Morgan fingerprint density at radius 3 is 2.05 bits per heavy atom. The van der Waals surface area contributed by atoms with Gasteiger partial charge in [-0.05, 0) is 110 Å². The molecule has 1 atom stereocenters. The van der Waals surface area contributed by atoms with Crippen LogP contribution in [-0.4, -0.2) is 50.5 Å². The van der Waals surface area contributed by atoms with Crippen molar-refractivity contribution in [3.63, 3.8) is 0 Å². The van der Waals surface area contributed by atoms with Crippen LogP contribution in [0.1, 0.15) is 69.9 Å². The topological polar surface area (TPSA) is 86.8 Å². The quantitative estimate of drug-likeness (QED) is 0.369. The van der Waals surface area contributed by atoms with Crippen LogP contribution in [0, 0.1) is 17.8 Å². The minimum Gasteiger partial charge on any atom is -0.354 e. The van der Waals surface area contributed by atoms with Gasteiger partial charge in [0.15, 0.2) is 0 Å². The summed E-state index contributed by atoms with van der Waals surface area (Å²) in [6, 6.07) is 14.1. The van der Waals surface area contributed by atoms with Crippen molar-refractivity contribution in [1.29, 1.82) is 0 Å². The highest BCUT2D eigenvalue weighted by molar-refractivity contribution is 7.92. The Hall–Kier alpha value is -2.58. The van der Waals surface area contributed by atoms with Crippen LogP contribution in [0.2, 0.25) is 5.02 Å². The van der Waals surface area contributed by atoms with Gasteiger partial charge in [-0.15, -0.1) is 0 Å². The molecule has 7 nitrogen and oxygen atoms in total. The summed E-state index contributed by atoms with van der Waals surface area (Å²) in [5.74, 6) is 1.72. The minimum atomic E-state index is -3.78. The van der Waals surface area contributed by atoms with Crippen LogP contribution in [0.4, 0.5) is 5.69 Å². The number of carbonyl (C=O) groups is 2. The molecule has 2 aromatic rings. The van der Waals surface area contributed by atoms with E-state index in [0.717, 1.165) is 40.3 Å². The third-order valence-corrected chi connectivity index (χ3v) is 10.9. The number of nitrogens with zero attached hydrogens (tertiary/aromatic N) is 2. The van der Waals surface area contributed by atoms with Crippen molar-refractivity contribution in [1.82, 2.24) is 10.2 Å². The summed E-state index contributed by atoms with van der Waals surface area (Å²) in [5.41, 5.74) is 2.76. The van der Waals surface area contributed by atoms with Crippen LogP contribution in [0.3, 0.4) is 0 Å². The molecule has 4 bridgehead atoms. The summed E-state index contributed by atoms with van der Waals surface area (Å²) in [7, 11) is -3.78. The highest BCUT2D eigenvalue weighted by Gasteiger charge is 2.51. The first-order valence-electron chi connectivity index (χ1n) is 14.9. The van der Waals surface area contributed by atoms with Crippen LogP contribution in [0.15, 0.2) is 48.5 Å². The largest absolute Gasteiger partial charge is 0.354 e. The third-order valence-electron chi connectivity index (χ3n) is 9.47. The monoisotopic (exact) mass is 599 g/mol. The number of amides is 2. The summed E-state index contributed by atoms with van der Waals surface area (Å²) in [6.07, 6.45) is 9.66. The first kappa shape index (κ1) is 29.9. The fourth-order valence-corrected chi connectivity index (χ4v) is 8.80. The lowest BCUT2D eigenvalue weighted by molar-refractivity contribution is -0.139. The number of benzene rings is 2. The third kappa shape index (κ3) is 6.59. The van der Waals surface area contributed by atoms with Gasteiger partial charge in [-0.2, -0.15) is 0 Å². The van der Waals surface area contributed by atoms with Crippen LogP contribution in [-0.2, 0) is 31.6 Å². The minimum absolute atomic E-state index is 0.152. The summed E-state index contributed by atoms with van der Waals surface area (Å²) < 4.78 is 27.2. The predicted molar refractivity (Wildman–Crippen MR) is 163 cm³/mol. The standard InChI is InChI=1S/C32H42ClN3O4S/c1-4-13-34-31(38)22(2)35(20-23-5-9-28(33)10-6-23)30(37)21-36(41(3,39)40)29-11-7-27(8-12-29)32-17-24-14-25(18-32)16-26(15-24)19-32/h5-12,22,24-26H,4,13-21H2,1-3H3,(H,34,38). The van der Waals surface area contributed by atoms with Crippen molar-refractivity contribution in [2.24, 2.45) is 17.8 Å². The smallest absolute Gasteiger partial charge is 0.244 e. The molecule has 4 aliphatic rings. The molecule has 0 saturated heterocycles. The molecule has 1 unspecified atom stereocenters. The molecule has 4 saturated carbocycles. The van der Waals surface area contributed by atoms with Crippen molar-refractivity contribution in [2.75, 3.05) is 23.7 Å². The second-order valence-electron chi connectivity index (χ2n) is 12.6. The maximum absolute atomic E-state index is 13.8. The van der Waals surface area contributed by atoms with E-state index >= 15 is 0 Å². The van der Waals surface area contributed by atoms with E-state index < -0.39 is 28.5 Å². The van der Waals surface area contributed by atoms with E-state index in [0.29, 0.717) is 17.3 Å². The van der Waals surface area contributed by atoms with Gasteiger partial charge in [0.2, 0.25) is 21.8 Å². The summed E-state index contributed by atoms with van der Waals surface area (Å²) >= 11 is 6.05. The number of hydrogen-bond donors (Lipinski definition) is 1. The summed E-state index contributed by atoms with van der Waals surface area (Å²) in [4.78, 5) is 28.1. The average Bonchev–Trinajstić information content (AvgIpc) is 2.92. The van der Waals surface area contributed by atoms with Gasteiger partial charge in [-0.3, -0.25) is 13.9 Å². The fraction of sp³-hybridized carbons (Fsp3) is 0.562. The van der Waals surface area contributed by atoms with Crippen LogP contribution in [0.25, 0.3) is 0 Å². The van der Waals surface area contributed by atoms with Crippen LogP contribution in [0.5, 0.6) is 0 Å². The van der Waals surface area contributed by atoms with E-state index in [1.807, 2.05) is 19.1 Å². The fourth-order valence-electron chi connectivity index (χ4n) is 7.82. The van der Waals surface area contributed by atoms with Gasteiger partial charge in [-0.1, -0.05) is 42.8 Å². The number of rotatable bonds is 11. The molecule has 0 aromatic heterocycles. The summed E-state index contributed by atoms with van der Waals surface area (Å²) in [6.45, 7) is 3.88. The molecule has 0 spiro atoms. The Kier molecular flexibility index (Phi) is 8.72. The Bertz CT molecular complexity index is 1330. The van der Waals surface area contributed by atoms with Gasteiger partial charge in [0.05, 0.1) is 11.9 Å². The molecular weight excluding hydrogens is 558 g/mol. The molecule has 6 rings (SSSR count). The average molecular weight is 600 g/mol. The number of nitrogens with one attached hydrogen (secondary N) is 1. The number of carbonyl (C=O) groups excluding carboxylic acids is 2. The lowest BCUT2D eigenvalue weighted by atomic mass is 9.48. The molecule has 0 aliphatic heterocycles. The Morgan fingerprint density at radius 1 is 0.976 bits per heavy atom. The molecule has 41 heavy (non-hydrogen) atoms. The molecule has 9 heteroatoms. The van der Waals surface area contributed by atoms with Crippen LogP contribution >= 0.6 is 11.6 Å². The van der Waals surface area contributed by atoms with E-state index in [1.54, 1.807) is 31.2 Å². The van der Waals surface area contributed by atoms with E-state index in [9.17, 15) is 18.0 Å². The highest BCUT2D eigenvalue weighted by Crippen LogP contribution is 2.60. The molecule has 0 radical (unpaired) electrons. The maximum Gasteiger partial charge on any atom is 0.244 e. The van der Waals surface area contributed by atoms with Crippen molar-refractivity contribution in [3.05, 3.63) is 64.7 Å². The van der Waals surface area contributed by atoms with Gasteiger partial charge >= 0.3 is 0 Å². The zero-order valence-corrected chi connectivity index (χ0v) is 25.9. The van der Waals surface area contributed by atoms with E-state index in [-0.39, 0.29) is 17.9 Å². The van der Waals surface area contributed by atoms with E-state index in [2.05, 4.69) is 17.4 Å². The van der Waals surface area contributed by atoms with Gasteiger partial charge in [0.1, 0.15) is 12.6 Å². The van der Waals surface area contributed by atoms with Crippen molar-refractivity contribution in [2.45, 2.75) is 76.8 Å². The molecule has 2 aromatic carbocycles. The lowest BCUT2D eigenvalue weighted by Crippen LogP contribution is -2.51. The Labute approximate surface area is 249 Å². The van der Waals surface area contributed by atoms with Crippen molar-refractivity contribution in [3.8, 4) is 0 Å². The molecule has 222 valence electrons. The Morgan fingerprint density at radius 2 is 1.54 bits per heavy atom. The molecular formula is C32H42ClN3O4S. The second kappa shape index (κ2) is 12.0. The maximum atomic E-state index is 13.8. The molecule has 0 heterocycles. The van der Waals surface area contributed by atoms with Crippen LogP contribution < -0.4 is 9.62 Å². The molecule has 1 N–H and O–H groups in total. The predicted octanol–water partition coefficient (Wildman–Crippen LogP) is 5.52. The van der Waals surface area contributed by atoms with Gasteiger partial charge in [0, 0.05) is 18.1 Å². The first-order chi connectivity index (χ1) is 19.5. The molecule has 4 fully saturated rings. The lowest BCUT2D eigenvalue weighted by Gasteiger charge is -2.57. The number of sulfonamides is 1. The zero-order chi connectivity index (χ0) is 29.4. The van der Waals surface area contributed by atoms with Crippen molar-refractivity contribution >= 4 is 39.1 Å². The SMILES string of the molecule is CCCNC(=O)C(C)N(Cc1ccc(Cl)cc1)C(=O)CN(c1ccc(C23CC4CC(CC(C4)C2)C3)cc1)S(C)(=O)=O. The molecule has 2 amide bonds. The second-order valence-corrected chi connectivity index (χ2v) is 15.0. The zero-order valence-electron chi connectivity index (χ0n) is 24.3. The molecule has 4 aliphatic carbocycles. The van der Waals surface area contributed by atoms with Gasteiger partial charge in [-0.25, -0.2) is 8.42 Å². The Balaban J connectivity index is 1.37. The van der Waals surface area contributed by atoms with Gasteiger partial charge < -0.3 is 10.2 Å². The number of anilines is 1. The van der Waals surface area contributed by atoms with Crippen molar-refractivity contribution < 1.29 is 18.0 Å². The first-order valence-corrected chi connectivity index (χ1v) is 17.1. The number of hydrogen-bond acceptors (Lipinski definition) is 4. The normalized spacial score (nSPS) is 25.5. The number of halogens is 1.